The average Bonchev–Trinajstić information content (AvgIpc) is 3.04. The van der Waals surface area contributed by atoms with E-state index in [1.807, 2.05) is 0 Å². The van der Waals surface area contributed by atoms with Crippen LogP contribution in [0.5, 0.6) is 0 Å². The number of halogens is 1. The number of likely N-dealkylation sites (tertiary alicyclic amines) is 1. The van der Waals surface area contributed by atoms with E-state index in [0.29, 0.717) is 19.1 Å². The van der Waals surface area contributed by atoms with E-state index < -0.39 is 0 Å². The van der Waals surface area contributed by atoms with Crippen LogP contribution in [0.15, 0.2) is 4.99 Å². The van der Waals surface area contributed by atoms with Crippen molar-refractivity contribution in [2.75, 3.05) is 92.9 Å². The van der Waals surface area contributed by atoms with Crippen LogP contribution in [0.1, 0.15) is 26.2 Å². The fourth-order valence-corrected chi connectivity index (χ4v) is 3.78. The highest BCUT2D eigenvalue weighted by Crippen LogP contribution is 2.16. The number of hydrogen-bond donors (Lipinski definition) is 1. The Morgan fingerprint density at radius 1 is 1.14 bits per heavy atom. The molecule has 0 amide bonds. The highest BCUT2D eigenvalue weighted by molar-refractivity contribution is 14.0. The lowest BCUT2D eigenvalue weighted by atomic mass is 10.1. The molecule has 0 saturated carbocycles. The van der Waals surface area contributed by atoms with E-state index in [9.17, 15) is 0 Å². The number of hydrogen-bond acceptors (Lipinski definition) is 5. The van der Waals surface area contributed by atoms with Crippen molar-refractivity contribution >= 4 is 29.9 Å². The van der Waals surface area contributed by atoms with Crippen molar-refractivity contribution < 1.29 is 9.47 Å². The van der Waals surface area contributed by atoms with Crippen LogP contribution in [0.2, 0.25) is 0 Å². The summed E-state index contributed by atoms with van der Waals surface area (Å²) in [6, 6.07) is 0. The molecule has 1 unspecified atom stereocenters. The largest absolute Gasteiger partial charge is 0.382 e. The van der Waals surface area contributed by atoms with Gasteiger partial charge in [-0.15, -0.1) is 24.0 Å². The summed E-state index contributed by atoms with van der Waals surface area (Å²) in [4.78, 5) is 12.3. The molecule has 0 aromatic rings. The number of nitrogens with one attached hydrogen (secondary N) is 1. The minimum absolute atomic E-state index is 0. The molecule has 0 radical (unpaired) electrons. The van der Waals surface area contributed by atoms with Crippen molar-refractivity contribution in [3.8, 4) is 0 Å². The molecule has 7 nitrogen and oxygen atoms in total. The third-order valence-corrected chi connectivity index (χ3v) is 5.41. The lowest BCUT2D eigenvalue weighted by Crippen LogP contribution is -2.40. The van der Waals surface area contributed by atoms with Gasteiger partial charge in [-0.1, -0.05) is 0 Å². The molecule has 2 aliphatic heterocycles. The van der Waals surface area contributed by atoms with Gasteiger partial charge in [-0.05, 0) is 52.9 Å². The van der Waals surface area contributed by atoms with Gasteiger partial charge in [0.1, 0.15) is 0 Å². The Balaban J connectivity index is 0.00000392. The van der Waals surface area contributed by atoms with Crippen LogP contribution in [0.25, 0.3) is 0 Å². The van der Waals surface area contributed by atoms with E-state index in [1.54, 1.807) is 7.11 Å². The Morgan fingerprint density at radius 2 is 2.00 bits per heavy atom. The van der Waals surface area contributed by atoms with Crippen LogP contribution in [-0.4, -0.2) is 114 Å². The molecule has 2 fully saturated rings. The molecule has 0 aliphatic carbocycles. The Hall–Kier alpha value is -0.160. The monoisotopic (exact) mass is 511 g/mol. The maximum atomic E-state index is 5.71. The van der Waals surface area contributed by atoms with Gasteiger partial charge in [-0.3, -0.25) is 4.99 Å². The molecular weight excluding hydrogens is 469 g/mol. The molecule has 0 aromatic carbocycles. The Morgan fingerprint density at radius 3 is 2.79 bits per heavy atom. The number of nitrogens with zero attached hydrogens (tertiary/aromatic N) is 4. The zero-order valence-corrected chi connectivity index (χ0v) is 20.5. The van der Waals surface area contributed by atoms with E-state index in [4.69, 9.17) is 14.5 Å². The highest BCUT2D eigenvalue weighted by Gasteiger charge is 2.24. The van der Waals surface area contributed by atoms with Crippen LogP contribution >= 0.6 is 24.0 Å². The summed E-state index contributed by atoms with van der Waals surface area (Å²) in [6.45, 7) is 14.3. The smallest absolute Gasteiger partial charge is 0.193 e. The number of ether oxygens (including phenoxy) is 2. The average molecular weight is 511 g/mol. The third-order valence-electron chi connectivity index (χ3n) is 5.41. The van der Waals surface area contributed by atoms with Crippen molar-refractivity contribution in [2.45, 2.75) is 26.2 Å². The second-order valence-electron chi connectivity index (χ2n) is 7.76. The summed E-state index contributed by atoms with van der Waals surface area (Å²) in [5.74, 6) is 1.67. The van der Waals surface area contributed by atoms with Gasteiger partial charge >= 0.3 is 0 Å². The fraction of sp³-hybridized carbons (Fsp3) is 0.950. The van der Waals surface area contributed by atoms with Crippen LogP contribution in [0, 0.1) is 5.92 Å². The maximum Gasteiger partial charge on any atom is 0.193 e. The van der Waals surface area contributed by atoms with Gasteiger partial charge in [-0.2, -0.15) is 0 Å². The SMILES string of the molecule is CCNC(=NCCCN1CCCN(C)CC1)N1CCC(COCCOC)C1.I. The minimum atomic E-state index is 0. The normalized spacial score (nSPS) is 22.2. The summed E-state index contributed by atoms with van der Waals surface area (Å²) in [5.41, 5.74) is 0. The van der Waals surface area contributed by atoms with Gasteiger partial charge in [0.25, 0.3) is 0 Å². The van der Waals surface area contributed by atoms with Gasteiger partial charge in [-0.25, -0.2) is 0 Å². The molecule has 166 valence electrons. The molecule has 2 saturated heterocycles. The predicted octanol–water partition coefficient (Wildman–Crippen LogP) is 1.58. The number of methoxy groups -OCH3 is 1. The van der Waals surface area contributed by atoms with Gasteiger partial charge in [0.2, 0.25) is 0 Å². The number of aliphatic imine (C=N–C) groups is 1. The van der Waals surface area contributed by atoms with Gasteiger partial charge in [0.05, 0.1) is 19.8 Å². The van der Waals surface area contributed by atoms with Crippen LogP contribution in [0.3, 0.4) is 0 Å². The molecule has 2 rings (SSSR count). The summed E-state index contributed by atoms with van der Waals surface area (Å²) < 4.78 is 10.7. The van der Waals surface area contributed by atoms with E-state index in [0.717, 1.165) is 51.7 Å². The minimum Gasteiger partial charge on any atom is -0.382 e. The molecule has 0 aromatic heterocycles. The highest BCUT2D eigenvalue weighted by atomic mass is 127. The maximum absolute atomic E-state index is 5.71. The van der Waals surface area contributed by atoms with E-state index in [1.165, 1.54) is 39.0 Å². The van der Waals surface area contributed by atoms with Gasteiger partial charge in [0.15, 0.2) is 5.96 Å². The molecule has 1 atom stereocenters. The Kier molecular flexibility index (Phi) is 14.5. The number of guanidine groups is 1. The lowest BCUT2D eigenvalue weighted by molar-refractivity contribution is 0.0536. The standard InChI is InChI=1S/C20H41N5O2.HI/c1-4-21-20(25-12-7-19(17-25)18-27-16-15-26-3)22-8-5-10-24-11-6-9-23(2)13-14-24;/h19H,4-18H2,1-3H3,(H,21,22);1H. The molecule has 0 spiro atoms. The first-order valence-electron chi connectivity index (χ1n) is 10.7. The molecule has 2 heterocycles. The summed E-state index contributed by atoms with van der Waals surface area (Å²) >= 11 is 0. The first-order chi connectivity index (χ1) is 13.2. The van der Waals surface area contributed by atoms with Crippen molar-refractivity contribution in [1.29, 1.82) is 0 Å². The third kappa shape index (κ3) is 10.0. The predicted molar refractivity (Wildman–Crippen MR) is 127 cm³/mol. The second kappa shape index (κ2) is 15.6. The van der Waals surface area contributed by atoms with E-state index >= 15 is 0 Å². The topological polar surface area (TPSA) is 52.6 Å². The Bertz CT molecular complexity index is 427. The molecule has 0 bridgehead atoms. The second-order valence-corrected chi connectivity index (χ2v) is 7.76. The summed E-state index contributed by atoms with van der Waals surface area (Å²) in [6.07, 6.45) is 3.60. The Labute approximate surface area is 189 Å². The van der Waals surface area contributed by atoms with Crippen molar-refractivity contribution in [1.82, 2.24) is 20.0 Å². The van der Waals surface area contributed by atoms with Crippen molar-refractivity contribution in [2.24, 2.45) is 10.9 Å². The number of rotatable bonds is 10. The van der Waals surface area contributed by atoms with E-state index in [-0.39, 0.29) is 24.0 Å². The fourth-order valence-electron chi connectivity index (χ4n) is 3.78. The lowest BCUT2D eigenvalue weighted by Gasteiger charge is -2.22. The molecule has 2 aliphatic rings. The van der Waals surface area contributed by atoms with E-state index in [2.05, 4.69) is 34.0 Å². The molecule has 8 heteroatoms. The van der Waals surface area contributed by atoms with Crippen LogP contribution in [-0.2, 0) is 9.47 Å². The zero-order valence-electron chi connectivity index (χ0n) is 18.2. The zero-order chi connectivity index (χ0) is 19.3. The first kappa shape index (κ1) is 25.9. The first-order valence-corrected chi connectivity index (χ1v) is 10.7. The van der Waals surface area contributed by atoms with Crippen molar-refractivity contribution in [3.63, 3.8) is 0 Å². The summed E-state index contributed by atoms with van der Waals surface area (Å²) in [5, 5.41) is 3.47. The van der Waals surface area contributed by atoms with Crippen LogP contribution < -0.4 is 5.32 Å². The molecule has 28 heavy (non-hydrogen) atoms. The summed E-state index contributed by atoms with van der Waals surface area (Å²) in [7, 11) is 3.94. The van der Waals surface area contributed by atoms with Crippen LogP contribution in [0.4, 0.5) is 0 Å². The van der Waals surface area contributed by atoms with Gasteiger partial charge in [0, 0.05) is 52.3 Å². The number of likely N-dealkylation sites (N-methyl/N-ethyl adjacent to an activating group) is 1. The van der Waals surface area contributed by atoms with Crippen molar-refractivity contribution in [3.05, 3.63) is 0 Å². The quantitative estimate of drug-likeness (QED) is 0.208. The molecule has 1 N–H and O–H groups in total. The molecular formula is C20H42IN5O2. The van der Waals surface area contributed by atoms with Gasteiger partial charge < -0.3 is 29.5 Å².